The van der Waals surface area contributed by atoms with E-state index < -0.39 is 5.76 Å². The molecule has 0 aliphatic carbocycles. The smallest absolute Gasteiger partial charge is 0.408 e. The van der Waals surface area contributed by atoms with E-state index in [-0.39, 0.29) is 0 Å². The van der Waals surface area contributed by atoms with E-state index >= 15 is 0 Å². The van der Waals surface area contributed by atoms with Gasteiger partial charge >= 0.3 is 5.76 Å². The van der Waals surface area contributed by atoms with E-state index in [0.29, 0.717) is 5.58 Å². The summed E-state index contributed by atoms with van der Waals surface area (Å²) in [5.74, 6) is -0.399. The van der Waals surface area contributed by atoms with Crippen molar-refractivity contribution in [1.29, 1.82) is 0 Å². The third-order valence-corrected chi connectivity index (χ3v) is 2.63. The first-order chi connectivity index (χ1) is 8.29. The molecule has 0 amide bonds. The number of rotatable bonds is 6. The highest BCUT2D eigenvalue weighted by Gasteiger charge is 2.01. The summed E-state index contributed by atoms with van der Waals surface area (Å²) >= 11 is 0. The minimum Gasteiger partial charge on any atom is -0.408 e. The van der Waals surface area contributed by atoms with Gasteiger partial charge in [0.05, 0.1) is 5.52 Å². The van der Waals surface area contributed by atoms with Crippen LogP contribution in [0.1, 0.15) is 5.56 Å². The molecule has 5 heteroatoms. The lowest BCUT2D eigenvalue weighted by Gasteiger charge is -2.04. The van der Waals surface area contributed by atoms with Crippen molar-refractivity contribution >= 4 is 11.1 Å². The lowest BCUT2D eigenvalue weighted by molar-refractivity contribution is 0.555. The van der Waals surface area contributed by atoms with Crippen LogP contribution in [0.5, 0.6) is 0 Å². The van der Waals surface area contributed by atoms with E-state index in [1.165, 1.54) is 5.56 Å². The zero-order valence-corrected chi connectivity index (χ0v) is 9.88. The lowest BCUT2D eigenvalue weighted by atomic mass is 10.1. The largest absolute Gasteiger partial charge is 0.417 e. The Morgan fingerprint density at radius 1 is 1.29 bits per heavy atom. The summed E-state index contributed by atoms with van der Waals surface area (Å²) in [7, 11) is 1.94. The number of likely N-dealkylation sites (N-methyl/N-ethyl adjacent to an activating group) is 1. The molecule has 0 saturated heterocycles. The van der Waals surface area contributed by atoms with Crippen molar-refractivity contribution in [3.05, 3.63) is 34.3 Å². The highest BCUT2D eigenvalue weighted by Crippen LogP contribution is 2.12. The maximum atomic E-state index is 11.0. The maximum Gasteiger partial charge on any atom is 0.417 e. The fraction of sp³-hybridized carbons (Fsp3) is 0.417. The molecule has 0 saturated carbocycles. The molecule has 1 heterocycles. The Morgan fingerprint density at radius 3 is 3.00 bits per heavy atom. The van der Waals surface area contributed by atoms with Gasteiger partial charge in [-0.2, -0.15) is 0 Å². The van der Waals surface area contributed by atoms with Crippen LogP contribution < -0.4 is 16.4 Å². The molecule has 0 atom stereocenters. The highest BCUT2D eigenvalue weighted by molar-refractivity contribution is 5.72. The molecule has 17 heavy (non-hydrogen) atoms. The van der Waals surface area contributed by atoms with E-state index in [4.69, 9.17) is 4.42 Å². The second kappa shape index (κ2) is 5.65. The molecule has 0 aliphatic heterocycles. The molecule has 0 bridgehead atoms. The maximum absolute atomic E-state index is 11.0. The molecular weight excluding hydrogens is 218 g/mol. The van der Waals surface area contributed by atoms with Crippen LogP contribution in [0.4, 0.5) is 0 Å². The van der Waals surface area contributed by atoms with Gasteiger partial charge in [-0.3, -0.25) is 4.98 Å². The summed E-state index contributed by atoms with van der Waals surface area (Å²) in [4.78, 5) is 13.6. The van der Waals surface area contributed by atoms with Gasteiger partial charge in [0.15, 0.2) is 5.58 Å². The van der Waals surface area contributed by atoms with Crippen molar-refractivity contribution in [1.82, 2.24) is 15.6 Å². The van der Waals surface area contributed by atoms with E-state index in [9.17, 15) is 4.79 Å². The molecular formula is C12H17N3O2. The van der Waals surface area contributed by atoms with Gasteiger partial charge in [0.1, 0.15) is 0 Å². The monoisotopic (exact) mass is 235 g/mol. The summed E-state index contributed by atoms with van der Waals surface area (Å²) in [6.07, 6.45) is 0.937. The molecule has 1 aromatic carbocycles. The second-order valence-corrected chi connectivity index (χ2v) is 3.95. The number of aromatic nitrogens is 1. The average Bonchev–Trinajstić information content (AvgIpc) is 2.68. The Bertz CT molecular complexity index is 530. The molecule has 2 aromatic rings. The van der Waals surface area contributed by atoms with E-state index in [1.54, 1.807) is 0 Å². The number of H-pyrrole nitrogens is 1. The van der Waals surface area contributed by atoms with Gasteiger partial charge in [0.2, 0.25) is 0 Å². The number of hydrogen-bond donors (Lipinski definition) is 3. The second-order valence-electron chi connectivity index (χ2n) is 3.95. The van der Waals surface area contributed by atoms with Gasteiger partial charge in [-0.1, -0.05) is 6.07 Å². The third-order valence-electron chi connectivity index (χ3n) is 2.63. The molecule has 0 spiro atoms. The van der Waals surface area contributed by atoms with Gasteiger partial charge in [0.25, 0.3) is 0 Å². The van der Waals surface area contributed by atoms with Crippen LogP contribution in [0.2, 0.25) is 0 Å². The van der Waals surface area contributed by atoms with Crippen molar-refractivity contribution in [2.45, 2.75) is 6.42 Å². The van der Waals surface area contributed by atoms with Crippen LogP contribution in [-0.2, 0) is 6.42 Å². The topological polar surface area (TPSA) is 70.1 Å². The van der Waals surface area contributed by atoms with Gasteiger partial charge in [0, 0.05) is 13.1 Å². The molecule has 0 unspecified atom stereocenters. The number of hydrogen-bond acceptors (Lipinski definition) is 4. The normalized spacial score (nSPS) is 11.1. The average molecular weight is 235 g/mol. The van der Waals surface area contributed by atoms with Crippen molar-refractivity contribution < 1.29 is 4.42 Å². The van der Waals surface area contributed by atoms with Crippen LogP contribution in [0, 0.1) is 0 Å². The standard InChI is InChI=1S/C12H17N3O2/c1-13-6-7-14-5-4-9-2-3-11-10(8-9)15-12(16)17-11/h2-3,8,13-14H,4-7H2,1H3,(H,15,16). The summed E-state index contributed by atoms with van der Waals surface area (Å²) in [5, 5.41) is 6.41. The summed E-state index contributed by atoms with van der Waals surface area (Å²) in [5.41, 5.74) is 2.57. The lowest BCUT2D eigenvalue weighted by Crippen LogP contribution is -2.26. The SMILES string of the molecule is CNCCNCCc1ccc2oc(=O)[nH]c2c1. The number of benzene rings is 1. The first-order valence-electron chi connectivity index (χ1n) is 5.76. The molecule has 0 radical (unpaired) electrons. The van der Waals surface area contributed by atoms with Gasteiger partial charge in [-0.05, 0) is 37.7 Å². The Morgan fingerprint density at radius 2 is 2.18 bits per heavy atom. The van der Waals surface area contributed by atoms with Crippen molar-refractivity contribution in [2.24, 2.45) is 0 Å². The minimum atomic E-state index is -0.399. The molecule has 0 aliphatic rings. The Labute approximate surface area is 99.2 Å². The Hall–Kier alpha value is -1.59. The molecule has 92 valence electrons. The Kier molecular flexibility index (Phi) is 3.95. The predicted octanol–water partition coefficient (Wildman–Crippen LogP) is 0.473. The van der Waals surface area contributed by atoms with Gasteiger partial charge < -0.3 is 15.1 Å². The summed E-state index contributed by atoms with van der Waals surface area (Å²) in [6, 6.07) is 5.77. The van der Waals surface area contributed by atoms with Crippen LogP contribution in [0.3, 0.4) is 0 Å². The first kappa shape index (κ1) is 11.9. The summed E-state index contributed by atoms with van der Waals surface area (Å²) in [6.45, 7) is 2.85. The fourth-order valence-corrected chi connectivity index (χ4v) is 1.73. The van der Waals surface area contributed by atoms with E-state index in [1.807, 2.05) is 25.2 Å². The minimum absolute atomic E-state index is 0.399. The zero-order chi connectivity index (χ0) is 12.1. The molecule has 3 N–H and O–H groups in total. The van der Waals surface area contributed by atoms with Crippen LogP contribution >= 0.6 is 0 Å². The van der Waals surface area contributed by atoms with Crippen molar-refractivity contribution in [3.8, 4) is 0 Å². The predicted molar refractivity (Wildman–Crippen MR) is 67.3 cm³/mol. The summed E-state index contributed by atoms with van der Waals surface area (Å²) < 4.78 is 4.95. The van der Waals surface area contributed by atoms with E-state index in [2.05, 4.69) is 15.6 Å². The zero-order valence-electron chi connectivity index (χ0n) is 9.88. The Balaban J connectivity index is 1.92. The number of fused-ring (bicyclic) bond motifs is 1. The van der Waals surface area contributed by atoms with E-state index in [0.717, 1.165) is 31.6 Å². The highest BCUT2D eigenvalue weighted by atomic mass is 16.4. The molecule has 5 nitrogen and oxygen atoms in total. The van der Waals surface area contributed by atoms with Crippen molar-refractivity contribution in [3.63, 3.8) is 0 Å². The number of aromatic amines is 1. The first-order valence-corrected chi connectivity index (χ1v) is 5.76. The van der Waals surface area contributed by atoms with Crippen LogP contribution in [0.15, 0.2) is 27.4 Å². The fourth-order valence-electron chi connectivity index (χ4n) is 1.73. The third kappa shape index (κ3) is 3.18. The van der Waals surface area contributed by atoms with Crippen LogP contribution in [-0.4, -0.2) is 31.7 Å². The molecule has 0 fully saturated rings. The van der Waals surface area contributed by atoms with Crippen molar-refractivity contribution in [2.75, 3.05) is 26.7 Å². The van der Waals surface area contributed by atoms with Crippen LogP contribution in [0.25, 0.3) is 11.1 Å². The van der Waals surface area contributed by atoms with Gasteiger partial charge in [-0.15, -0.1) is 0 Å². The quantitative estimate of drug-likeness (QED) is 0.637. The van der Waals surface area contributed by atoms with Gasteiger partial charge in [-0.25, -0.2) is 4.79 Å². The molecule has 1 aromatic heterocycles. The number of nitrogens with one attached hydrogen (secondary N) is 3. The number of oxazole rings is 1. The molecule has 2 rings (SSSR count).